The van der Waals surface area contributed by atoms with Gasteiger partial charge in [-0.15, -0.1) is 0 Å². The molecule has 1 fully saturated rings. The van der Waals surface area contributed by atoms with Crippen molar-refractivity contribution in [2.75, 3.05) is 26.4 Å². The van der Waals surface area contributed by atoms with Gasteiger partial charge in [0, 0.05) is 13.2 Å². The fourth-order valence-corrected chi connectivity index (χ4v) is 1.78. The predicted octanol–water partition coefficient (Wildman–Crippen LogP) is -0.580. The topological polar surface area (TPSA) is 90.7 Å². The van der Waals surface area contributed by atoms with Crippen LogP contribution >= 0.6 is 0 Å². The van der Waals surface area contributed by atoms with Crippen LogP contribution in [0.15, 0.2) is 0 Å². The Morgan fingerprint density at radius 3 is 2.71 bits per heavy atom. The fraction of sp³-hybridized carbons (Fsp3) is 0.818. The lowest BCUT2D eigenvalue weighted by Crippen LogP contribution is -2.48. The van der Waals surface area contributed by atoms with Crippen LogP contribution in [-0.2, 0) is 19.1 Å². The van der Waals surface area contributed by atoms with Crippen LogP contribution in [-0.4, -0.2) is 44.3 Å². The highest BCUT2D eigenvalue weighted by Crippen LogP contribution is 2.17. The molecule has 0 aromatic heterocycles. The Morgan fingerprint density at radius 2 is 2.12 bits per heavy atom. The molecule has 0 aromatic carbocycles. The van der Waals surface area contributed by atoms with Crippen LogP contribution in [0.5, 0.6) is 0 Å². The molecule has 0 spiro atoms. The second-order valence-corrected chi connectivity index (χ2v) is 4.00. The van der Waals surface area contributed by atoms with Crippen molar-refractivity contribution in [3.05, 3.63) is 0 Å². The number of ether oxygens (including phenoxy) is 2. The molecule has 0 saturated carbocycles. The van der Waals surface area contributed by atoms with Gasteiger partial charge in [0.2, 0.25) is 5.91 Å². The van der Waals surface area contributed by atoms with Gasteiger partial charge in [-0.25, -0.2) is 0 Å². The molecule has 3 N–H and O–H groups in total. The number of rotatable bonds is 5. The number of nitrogens with one attached hydrogen (secondary N) is 1. The molecule has 1 heterocycles. The zero-order valence-corrected chi connectivity index (χ0v) is 10.1. The SMILES string of the molecule is CCOC(=O)CNC(=O)C(N)C1CCOCC1. The second-order valence-electron chi connectivity index (χ2n) is 4.00. The molecule has 0 aromatic rings. The predicted molar refractivity (Wildman–Crippen MR) is 61.2 cm³/mol. The first-order chi connectivity index (χ1) is 8.15. The quantitative estimate of drug-likeness (QED) is 0.631. The van der Waals surface area contributed by atoms with Gasteiger partial charge in [0.25, 0.3) is 0 Å². The minimum atomic E-state index is -0.576. The Hall–Kier alpha value is -1.14. The number of esters is 1. The molecule has 0 aliphatic carbocycles. The summed E-state index contributed by atoms with van der Waals surface area (Å²) in [4.78, 5) is 22.7. The van der Waals surface area contributed by atoms with Gasteiger partial charge in [0.15, 0.2) is 0 Å². The van der Waals surface area contributed by atoms with Crippen LogP contribution < -0.4 is 11.1 Å². The zero-order valence-electron chi connectivity index (χ0n) is 10.1. The Kier molecular flexibility index (Phi) is 5.93. The minimum Gasteiger partial charge on any atom is -0.465 e. The van der Waals surface area contributed by atoms with E-state index in [-0.39, 0.29) is 18.4 Å². The summed E-state index contributed by atoms with van der Waals surface area (Å²) >= 11 is 0. The van der Waals surface area contributed by atoms with Crippen molar-refractivity contribution in [1.29, 1.82) is 0 Å². The van der Waals surface area contributed by atoms with Gasteiger partial charge in [0.05, 0.1) is 12.6 Å². The Labute approximate surface area is 101 Å². The molecule has 1 atom stereocenters. The molecule has 17 heavy (non-hydrogen) atoms. The molecule has 1 aliphatic heterocycles. The Morgan fingerprint density at radius 1 is 1.47 bits per heavy atom. The molecule has 1 rings (SSSR count). The maximum Gasteiger partial charge on any atom is 0.325 e. The summed E-state index contributed by atoms with van der Waals surface area (Å²) in [7, 11) is 0. The standard InChI is InChI=1S/C11H20N2O4/c1-2-17-9(14)7-13-11(15)10(12)8-3-5-16-6-4-8/h8,10H,2-7,12H2,1H3,(H,13,15). The third-order valence-corrected chi connectivity index (χ3v) is 2.79. The van der Waals surface area contributed by atoms with Crippen molar-refractivity contribution in [1.82, 2.24) is 5.32 Å². The molecule has 1 saturated heterocycles. The summed E-state index contributed by atoms with van der Waals surface area (Å²) in [5.74, 6) is -0.615. The molecule has 98 valence electrons. The van der Waals surface area contributed by atoms with Gasteiger partial charge in [-0.1, -0.05) is 0 Å². The smallest absolute Gasteiger partial charge is 0.325 e. The van der Waals surface area contributed by atoms with E-state index in [4.69, 9.17) is 15.2 Å². The Balaban J connectivity index is 2.28. The lowest BCUT2D eigenvalue weighted by molar-refractivity contribution is -0.143. The zero-order chi connectivity index (χ0) is 12.7. The largest absolute Gasteiger partial charge is 0.465 e. The van der Waals surface area contributed by atoms with Gasteiger partial charge < -0.3 is 20.5 Å². The highest BCUT2D eigenvalue weighted by molar-refractivity contribution is 5.85. The van der Waals surface area contributed by atoms with E-state index >= 15 is 0 Å². The average Bonchev–Trinajstić information content (AvgIpc) is 2.36. The summed E-state index contributed by atoms with van der Waals surface area (Å²) in [6.45, 7) is 3.19. The van der Waals surface area contributed by atoms with E-state index in [0.29, 0.717) is 19.8 Å². The molecular weight excluding hydrogens is 224 g/mol. The molecule has 1 amide bonds. The number of carbonyl (C=O) groups excluding carboxylic acids is 2. The van der Waals surface area contributed by atoms with E-state index in [1.165, 1.54) is 0 Å². The highest BCUT2D eigenvalue weighted by Gasteiger charge is 2.26. The maximum absolute atomic E-state index is 11.7. The van der Waals surface area contributed by atoms with Crippen LogP contribution in [0.4, 0.5) is 0 Å². The third kappa shape index (κ3) is 4.70. The molecule has 0 radical (unpaired) electrons. The van der Waals surface area contributed by atoms with E-state index < -0.39 is 12.0 Å². The normalized spacial score (nSPS) is 18.5. The van der Waals surface area contributed by atoms with Gasteiger partial charge in [-0.3, -0.25) is 9.59 Å². The summed E-state index contributed by atoms with van der Waals surface area (Å²) in [5.41, 5.74) is 5.83. The van der Waals surface area contributed by atoms with Crippen LogP contribution in [0.3, 0.4) is 0 Å². The molecule has 0 bridgehead atoms. The molecular formula is C11H20N2O4. The van der Waals surface area contributed by atoms with Crippen molar-refractivity contribution in [2.24, 2.45) is 11.7 Å². The number of nitrogens with two attached hydrogens (primary N) is 1. The van der Waals surface area contributed by atoms with Gasteiger partial charge >= 0.3 is 5.97 Å². The minimum absolute atomic E-state index is 0.121. The number of hydrogen-bond donors (Lipinski definition) is 2. The summed E-state index contributed by atoms with van der Waals surface area (Å²) in [5, 5.41) is 2.49. The van der Waals surface area contributed by atoms with Crippen molar-refractivity contribution >= 4 is 11.9 Å². The number of amides is 1. The van der Waals surface area contributed by atoms with Crippen LogP contribution in [0.2, 0.25) is 0 Å². The first-order valence-electron chi connectivity index (χ1n) is 5.91. The van der Waals surface area contributed by atoms with E-state index in [9.17, 15) is 9.59 Å². The molecule has 1 aliphatic rings. The summed E-state index contributed by atoms with van der Waals surface area (Å²) in [6.07, 6.45) is 1.57. The van der Waals surface area contributed by atoms with E-state index in [2.05, 4.69) is 5.32 Å². The van der Waals surface area contributed by atoms with Gasteiger partial charge in [-0.05, 0) is 25.7 Å². The van der Waals surface area contributed by atoms with E-state index in [0.717, 1.165) is 12.8 Å². The van der Waals surface area contributed by atoms with Crippen molar-refractivity contribution < 1.29 is 19.1 Å². The van der Waals surface area contributed by atoms with E-state index in [1.807, 2.05) is 0 Å². The van der Waals surface area contributed by atoms with Crippen molar-refractivity contribution in [2.45, 2.75) is 25.8 Å². The van der Waals surface area contributed by atoms with Crippen LogP contribution in [0.1, 0.15) is 19.8 Å². The Bertz CT molecular complexity index is 264. The maximum atomic E-state index is 11.7. The molecule has 6 nitrogen and oxygen atoms in total. The molecule has 6 heteroatoms. The summed E-state index contributed by atoms with van der Waals surface area (Å²) < 4.78 is 9.90. The number of hydrogen-bond acceptors (Lipinski definition) is 5. The average molecular weight is 244 g/mol. The van der Waals surface area contributed by atoms with Gasteiger partial charge in [-0.2, -0.15) is 0 Å². The van der Waals surface area contributed by atoms with Crippen molar-refractivity contribution in [3.63, 3.8) is 0 Å². The lowest BCUT2D eigenvalue weighted by atomic mass is 9.92. The van der Waals surface area contributed by atoms with Crippen LogP contribution in [0.25, 0.3) is 0 Å². The van der Waals surface area contributed by atoms with Gasteiger partial charge in [0.1, 0.15) is 6.54 Å². The fourth-order valence-electron chi connectivity index (χ4n) is 1.78. The van der Waals surface area contributed by atoms with E-state index in [1.54, 1.807) is 6.92 Å². The summed E-state index contributed by atoms with van der Waals surface area (Å²) in [6, 6.07) is -0.576. The van der Waals surface area contributed by atoms with Crippen molar-refractivity contribution in [3.8, 4) is 0 Å². The monoisotopic (exact) mass is 244 g/mol. The number of carbonyl (C=O) groups is 2. The highest BCUT2D eigenvalue weighted by atomic mass is 16.5. The van der Waals surface area contributed by atoms with Crippen LogP contribution in [0, 0.1) is 5.92 Å². The lowest BCUT2D eigenvalue weighted by Gasteiger charge is -2.26. The second kappa shape index (κ2) is 7.24. The first kappa shape index (κ1) is 13.9. The third-order valence-electron chi connectivity index (χ3n) is 2.79. The molecule has 1 unspecified atom stereocenters. The first-order valence-corrected chi connectivity index (χ1v) is 5.91.